The minimum Gasteiger partial charge on any atom is -0.303 e. The van der Waals surface area contributed by atoms with Crippen LogP contribution in [0.15, 0.2) is 58.6 Å². The molecule has 1 aliphatic rings. The lowest BCUT2D eigenvalue weighted by molar-refractivity contribution is 0.416. The van der Waals surface area contributed by atoms with Crippen LogP contribution in [0.1, 0.15) is 66.4 Å². The molecule has 4 aromatic rings. The summed E-state index contributed by atoms with van der Waals surface area (Å²) in [5.41, 5.74) is 4.84. The summed E-state index contributed by atoms with van der Waals surface area (Å²) < 4.78 is 3.65. The molecule has 6 heteroatoms. The zero-order valence-electron chi connectivity index (χ0n) is 19.5. The van der Waals surface area contributed by atoms with Crippen molar-refractivity contribution in [2.45, 2.75) is 58.8 Å². The normalized spacial score (nSPS) is 15.0. The summed E-state index contributed by atoms with van der Waals surface area (Å²) in [6, 6.07) is 13.7. The van der Waals surface area contributed by atoms with Crippen LogP contribution in [0.4, 0.5) is 0 Å². The van der Waals surface area contributed by atoms with E-state index in [1.165, 1.54) is 23.9 Å². The predicted molar refractivity (Wildman–Crippen MR) is 133 cm³/mol. The van der Waals surface area contributed by atoms with Crippen LogP contribution in [0, 0.1) is 20.8 Å². The minimum absolute atomic E-state index is 0.105. The number of rotatable bonds is 4. The second kappa shape index (κ2) is 8.77. The molecule has 0 N–H and O–H groups in total. The standard InChI is InChI=1S/C27H29N5O/c1-18-13-14-25(28-16-18)31-19(2)15-22(20(31)3)17-29-32-26(21-9-5-4-6-10-21)30-24-12-8-7-11-23(24)27(32)33/h7-8,11-17,21H,4-6,9-10H2,1-3H3. The molecule has 1 fully saturated rings. The maximum atomic E-state index is 13.4. The zero-order chi connectivity index (χ0) is 22.9. The maximum Gasteiger partial charge on any atom is 0.282 e. The number of hydrogen-bond acceptors (Lipinski definition) is 4. The van der Waals surface area contributed by atoms with Gasteiger partial charge in [0.2, 0.25) is 0 Å². The van der Waals surface area contributed by atoms with E-state index in [0.717, 1.165) is 52.5 Å². The van der Waals surface area contributed by atoms with Crippen molar-refractivity contribution in [2.75, 3.05) is 0 Å². The van der Waals surface area contributed by atoms with Crippen molar-refractivity contribution in [3.05, 3.63) is 87.4 Å². The first kappa shape index (κ1) is 21.3. The number of aryl methyl sites for hydroxylation is 2. The number of hydrogen-bond donors (Lipinski definition) is 0. The van der Waals surface area contributed by atoms with Gasteiger partial charge < -0.3 is 4.57 Å². The van der Waals surface area contributed by atoms with Crippen molar-refractivity contribution in [2.24, 2.45) is 5.10 Å². The first-order chi connectivity index (χ1) is 16.0. The molecule has 3 heterocycles. The highest BCUT2D eigenvalue weighted by Crippen LogP contribution is 2.31. The average molecular weight is 440 g/mol. The molecule has 1 aliphatic carbocycles. The first-order valence-electron chi connectivity index (χ1n) is 11.7. The van der Waals surface area contributed by atoms with Gasteiger partial charge in [-0.05, 0) is 63.4 Å². The number of para-hydroxylation sites is 1. The lowest BCUT2D eigenvalue weighted by atomic mass is 9.88. The maximum absolute atomic E-state index is 13.4. The van der Waals surface area contributed by atoms with Gasteiger partial charge in [-0.2, -0.15) is 9.78 Å². The van der Waals surface area contributed by atoms with Gasteiger partial charge in [-0.1, -0.05) is 37.5 Å². The Morgan fingerprint density at radius 1 is 1.03 bits per heavy atom. The summed E-state index contributed by atoms with van der Waals surface area (Å²) in [4.78, 5) is 22.9. The van der Waals surface area contributed by atoms with Gasteiger partial charge in [0, 0.05) is 29.1 Å². The average Bonchev–Trinajstić information content (AvgIpc) is 3.12. The molecule has 3 aromatic heterocycles. The third-order valence-electron chi connectivity index (χ3n) is 6.66. The third-order valence-corrected chi connectivity index (χ3v) is 6.66. The van der Waals surface area contributed by atoms with Crippen LogP contribution in [0.3, 0.4) is 0 Å². The Balaban J connectivity index is 1.60. The molecule has 0 atom stereocenters. The Labute approximate surface area is 193 Å². The second-order valence-corrected chi connectivity index (χ2v) is 9.04. The quantitative estimate of drug-likeness (QED) is 0.398. The molecular weight excluding hydrogens is 410 g/mol. The van der Waals surface area contributed by atoms with Crippen LogP contribution in [-0.4, -0.2) is 25.4 Å². The SMILES string of the molecule is Cc1ccc(-n2c(C)cc(C=Nn3c(C4CCCCC4)nc4ccccc4c3=O)c2C)nc1. The van der Waals surface area contributed by atoms with Gasteiger partial charge in [0.15, 0.2) is 0 Å². The molecule has 0 bridgehead atoms. The van der Waals surface area contributed by atoms with E-state index >= 15 is 0 Å². The summed E-state index contributed by atoms with van der Waals surface area (Å²) in [5, 5.41) is 5.31. The summed E-state index contributed by atoms with van der Waals surface area (Å²) in [5.74, 6) is 1.92. The van der Waals surface area contributed by atoms with Crippen molar-refractivity contribution < 1.29 is 0 Å². The Morgan fingerprint density at radius 3 is 2.58 bits per heavy atom. The van der Waals surface area contributed by atoms with Crippen LogP contribution in [0.5, 0.6) is 0 Å². The van der Waals surface area contributed by atoms with Gasteiger partial charge in [-0.15, -0.1) is 0 Å². The molecule has 0 aliphatic heterocycles. The Morgan fingerprint density at radius 2 is 1.82 bits per heavy atom. The lowest BCUT2D eigenvalue weighted by Gasteiger charge is -2.22. The summed E-state index contributed by atoms with van der Waals surface area (Å²) >= 11 is 0. The monoisotopic (exact) mass is 439 g/mol. The zero-order valence-corrected chi connectivity index (χ0v) is 19.5. The molecule has 0 saturated heterocycles. The molecule has 0 amide bonds. The van der Waals surface area contributed by atoms with Crippen LogP contribution >= 0.6 is 0 Å². The highest BCUT2D eigenvalue weighted by atomic mass is 16.1. The fourth-order valence-corrected chi connectivity index (χ4v) is 4.86. The van der Waals surface area contributed by atoms with Crippen LogP contribution < -0.4 is 5.56 Å². The van der Waals surface area contributed by atoms with E-state index in [1.54, 1.807) is 6.21 Å². The minimum atomic E-state index is -0.105. The number of benzene rings is 1. The smallest absolute Gasteiger partial charge is 0.282 e. The van der Waals surface area contributed by atoms with Gasteiger partial charge in [0.25, 0.3) is 5.56 Å². The van der Waals surface area contributed by atoms with E-state index in [1.807, 2.05) is 43.5 Å². The van der Waals surface area contributed by atoms with Gasteiger partial charge in [-0.25, -0.2) is 9.97 Å². The van der Waals surface area contributed by atoms with E-state index in [-0.39, 0.29) is 11.5 Å². The van der Waals surface area contributed by atoms with Crippen molar-refractivity contribution >= 4 is 17.1 Å². The lowest BCUT2D eigenvalue weighted by Crippen LogP contribution is -2.25. The third kappa shape index (κ3) is 4.01. The molecule has 33 heavy (non-hydrogen) atoms. The molecular formula is C27H29N5O. The van der Waals surface area contributed by atoms with Crippen LogP contribution in [0.25, 0.3) is 16.7 Å². The number of aromatic nitrogens is 4. The Hall–Kier alpha value is -3.54. The van der Waals surface area contributed by atoms with Gasteiger partial charge in [-0.3, -0.25) is 4.79 Å². The fourth-order valence-electron chi connectivity index (χ4n) is 4.86. The van der Waals surface area contributed by atoms with E-state index in [9.17, 15) is 4.79 Å². The van der Waals surface area contributed by atoms with E-state index in [0.29, 0.717) is 5.39 Å². The van der Waals surface area contributed by atoms with Gasteiger partial charge in [0.05, 0.1) is 17.1 Å². The largest absolute Gasteiger partial charge is 0.303 e. The van der Waals surface area contributed by atoms with E-state index < -0.39 is 0 Å². The van der Waals surface area contributed by atoms with Crippen molar-refractivity contribution in [1.29, 1.82) is 0 Å². The summed E-state index contributed by atoms with van der Waals surface area (Å²) in [7, 11) is 0. The molecule has 0 unspecified atom stereocenters. The van der Waals surface area contributed by atoms with E-state index in [2.05, 4.69) is 35.5 Å². The fraction of sp³-hybridized carbons (Fsp3) is 0.333. The molecule has 1 aromatic carbocycles. The molecule has 168 valence electrons. The summed E-state index contributed by atoms with van der Waals surface area (Å²) in [6.07, 6.45) is 9.35. The Kier molecular flexibility index (Phi) is 5.67. The van der Waals surface area contributed by atoms with Crippen molar-refractivity contribution in [3.8, 4) is 5.82 Å². The molecule has 5 rings (SSSR count). The van der Waals surface area contributed by atoms with Crippen molar-refractivity contribution in [1.82, 2.24) is 19.2 Å². The number of fused-ring (bicyclic) bond motifs is 1. The topological polar surface area (TPSA) is 65.1 Å². The molecule has 0 spiro atoms. The summed E-state index contributed by atoms with van der Waals surface area (Å²) in [6.45, 7) is 6.14. The number of nitrogens with zero attached hydrogens (tertiary/aromatic N) is 5. The Bertz CT molecular complexity index is 1390. The van der Waals surface area contributed by atoms with Crippen molar-refractivity contribution in [3.63, 3.8) is 0 Å². The predicted octanol–water partition coefficient (Wildman–Crippen LogP) is 5.44. The molecule has 6 nitrogen and oxygen atoms in total. The highest BCUT2D eigenvalue weighted by Gasteiger charge is 2.22. The highest BCUT2D eigenvalue weighted by molar-refractivity contribution is 5.82. The van der Waals surface area contributed by atoms with Crippen LogP contribution in [-0.2, 0) is 0 Å². The van der Waals surface area contributed by atoms with Gasteiger partial charge in [0.1, 0.15) is 11.6 Å². The first-order valence-corrected chi connectivity index (χ1v) is 11.7. The molecule has 1 saturated carbocycles. The van der Waals surface area contributed by atoms with Crippen LogP contribution in [0.2, 0.25) is 0 Å². The van der Waals surface area contributed by atoms with E-state index in [4.69, 9.17) is 10.1 Å². The number of pyridine rings is 1. The second-order valence-electron chi connectivity index (χ2n) is 9.04. The molecule has 0 radical (unpaired) electrons. The van der Waals surface area contributed by atoms with Gasteiger partial charge >= 0.3 is 0 Å².